The number of halogens is 1. The van der Waals surface area contributed by atoms with Crippen LogP contribution in [0.3, 0.4) is 0 Å². The summed E-state index contributed by atoms with van der Waals surface area (Å²) in [6, 6.07) is 5.98. The Kier molecular flexibility index (Phi) is 6.32. The minimum Gasteiger partial charge on any atom is -0.392 e. The molecule has 29 heavy (non-hydrogen) atoms. The zero-order valence-corrected chi connectivity index (χ0v) is 18.7. The summed E-state index contributed by atoms with van der Waals surface area (Å²) < 4.78 is 8.55. The minimum atomic E-state index is -0.459. The molecule has 1 unspecified atom stereocenters. The molecule has 6 heteroatoms. The number of nitrogens with zero attached hydrogens (tertiary/aromatic N) is 1. The van der Waals surface area contributed by atoms with Crippen molar-refractivity contribution >= 4 is 38.4 Å². The number of carbonyl (C=O) groups is 1. The molecule has 2 N–H and O–H groups in total. The van der Waals surface area contributed by atoms with Crippen molar-refractivity contribution < 1.29 is 14.6 Å². The van der Waals surface area contributed by atoms with Crippen molar-refractivity contribution in [1.82, 2.24) is 4.57 Å². The third-order valence-electron chi connectivity index (χ3n) is 6.60. The van der Waals surface area contributed by atoms with Crippen LogP contribution in [0, 0.1) is 11.3 Å². The number of ether oxygens (including phenoxy) is 1. The summed E-state index contributed by atoms with van der Waals surface area (Å²) in [6.07, 6.45) is 9.61. The molecule has 1 aliphatic heterocycles. The summed E-state index contributed by atoms with van der Waals surface area (Å²) in [6.45, 7) is 3.68. The Labute approximate surface area is 180 Å². The van der Waals surface area contributed by atoms with Crippen LogP contribution in [0.25, 0.3) is 10.9 Å². The van der Waals surface area contributed by atoms with E-state index in [1.165, 1.54) is 38.5 Å². The van der Waals surface area contributed by atoms with E-state index in [9.17, 15) is 9.90 Å². The molecule has 1 saturated heterocycles. The molecule has 4 rings (SSSR count). The van der Waals surface area contributed by atoms with Gasteiger partial charge in [0.05, 0.1) is 30.5 Å². The van der Waals surface area contributed by atoms with E-state index in [4.69, 9.17) is 4.74 Å². The molecule has 158 valence electrons. The van der Waals surface area contributed by atoms with E-state index >= 15 is 0 Å². The summed E-state index contributed by atoms with van der Waals surface area (Å²) in [5.41, 5.74) is 1.80. The van der Waals surface area contributed by atoms with E-state index in [1.54, 1.807) is 6.92 Å². The van der Waals surface area contributed by atoms with Crippen LogP contribution in [-0.4, -0.2) is 34.9 Å². The highest BCUT2D eigenvalue weighted by Crippen LogP contribution is 2.46. The van der Waals surface area contributed by atoms with E-state index in [2.05, 4.69) is 21.2 Å². The predicted octanol–water partition coefficient (Wildman–Crippen LogP) is 5.10. The Morgan fingerprint density at radius 1 is 1.31 bits per heavy atom. The molecule has 0 spiro atoms. The van der Waals surface area contributed by atoms with Crippen LogP contribution in [0.5, 0.6) is 0 Å². The second kappa shape index (κ2) is 8.78. The predicted molar refractivity (Wildman–Crippen MR) is 119 cm³/mol. The highest BCUT2D eigenvalue weighted by atomic mass is 79.9. The van der Waals surface area contributed by atoms with Crippen molar-refractivity contribution in [1.29, 1.82) is 0 Å². The Bertz CT molecular complexity index is 864. The average molecular weight is 463 g/mol. The quantitative estimate of drug-likeness (QED) is 0.586. The number of aliphatic hydroxyl groups is 1. The number of nitrogens with one attached hydrogen (secondary N) is 1. The van der Waals surface area contributed by atoms with Crippen molar-refractivity contribution in [2.24, 2.45) is 11.3 Å². The maximum atomic E-state index is 13.1. The van der Waals surface area contributed by atoms with Gasteiger partial charge in [-0.25, -0.2) is 0 Å². The zero-order valence-electron chi connectivity index (χ0n) is 17.1. The van der Waals surface area contributed by atoms with Gasteiger partial charge in [-0.3, -0.25) is 4.79 Å². The second-order valence-electron chi connectivity index (χ2n) is 8.95. The van der Waals surface area contributed by atoms with Gasteiger partial charge in [0, 0.05) is 34.4 Å². The first-order valence-electron chi connectivity index (χ1n) is 10.8. The lowest BCUT2D eigenvalue weighted by atomic mass is 9.68. The molecule has 2 heterocycles. The van der Waals surface area contributed by atoms with Crippen LogP contribution >= 0.6 is 15.9 Å². The summed E-state index contributed by atoms with van der Waals surface area (Å²) in [5.74, 6) is 0.650. The van der Waals surface area contributed by atoms with E-state index in [1.807, 2.05) is 29.0 Å². The monoisotopic (exact) mass is 462 g/mol. The number of carbonyl (C=O) groups excluding carboxylic acids is 1. The third kappa shape index (κ3) is 4.39. The third-order valence-corrected chi connectivity index (χ3v) is 7.26. The summed E-state index contributed by atoms with van der Waals surface area (Å²) in [7, 11) is 0. The van der Waals surface area contributed by atoms with Gasteiger partial charge in [0.25, 0.3) is 0 Å². The minimum absolute atomic E-state index is 0.00361. The highest BCUT2D eigenvalue weighted by Gasteiger charge is 2.46. The molecular formula is C23H31BrN2O3. The number of hydrogen-bond acceptors (Lipinski definition) is 3. The lowest BCUT2D eigenvalue weighted by Crippen LogP contribution is -2.50. The molecule has 2 aromatic rings. The smallest absolute Gasteiger partial charge is 0.225 e. The van der Waals surface area contributed by atoms with Gasteiger partial charge < -0.3 is 19.7 Å². The molecule has 5 nitrogen and oxygen atoms in total. The number of hydrogen-bond donors (Lipinski definition) is 2. The molecular weight excluding hydrogens is 432 g/mol. The van der Waals surface area contributed by atoms with Gasteiger partial charge in [0.15, 0.2) is 0 Å². The van der Waals surface area contributed by atoms with Gasteiger partial charge in [-0.2, -0.15) is 0 Å². The van der Waals surface area contributed by atoms with Gasteiger partial charge in [-0.15, -0.1) is 0 Å². The van der Waals surface area contributed by atoms with Gasteiger partial charge in [0.2, 0.25) is 5.91 Å². The van der Waals surface area contributed by atoms with Crippen LogP contribution in [0.1, 0.15) is 51.9 Å². The molecule has 2 aliphatic rings. The number of amides is 1. The number of aliphatic hydroxyl groups excluding tert-OH is 1. The van der Waals surface area contributed by atoms with Crippen LogP contribution in [0.4, 0.5) is 5.69 Å². The van der Waals surface area contributed by atoms with Crippen LogP contribution in [0.2, 0.25) is 0 Å². The summed E-state index contributed by atoms with van der Waals surface area (Å²) in [5, 5.41) is 14.0. The van der Waals surface area contributed by atoms with Gasteiger partial charge >= 0.3 is 0 Å². The summed E-state index contributed by atoms with van der Waals surface area (Å²) >= 11 is 3.63. The first-order valence-corrected chi connectivity index (χ1v) is 11.6. The fourth-order valence-corrected chi connectivity index (χ4v) is 5.66. The van der Waals surface area contributed by atoms with E-state index in [0.717, 1.165) is 21.1 Å². The van der Waals surface area contributed by atoms with Crippen molar-refractivity contribution in [3.8, 4) is 0 Å². The first-order chi connectivity index (χ1) is 14.0. The molecule has 0 radical (unpaired) electrons. The lowest BCUT2D eigenvalue weighted by molar-refractivity contribution is -0.160. The van der Waals surface area contributed by atoms with Crippen LogP contribution < -0.4 is 5.32 Å². The lowest BCUT2D eigenvalue weighted by Gasteiger charge is -2.47. The van der Waals surface area contributed by atoms with Crippen molar-refractivity contribution in [3.05, 3.63) is 28.9 Å². The average Bonchev–Trinajstić information content (AvgIpc) is 2.82. The molecule has 0 bridgehead atoms. The van der Waals surface area contributed by atoms with Gasteiger partial charge in [-0.05, 0) is 37.8 Å². The number of rotatable bonds is 6. The molecule has 1 aromatic carbocycles. The maximum Gasteiger partial charge on any atom is 0.225 e. The second-order valence-corrected chi connectivity index (χ2v) is 9.80. The van der Waals surface area contributed by atoms with E-state index in [0.29, 0.717) is 32.1 Å². The first kappa shape index (κ1) is 20.9. The van der Waals surface area contributed by atoms with Gasteiger partial charge in [0.1, 0.15) is 0 Å². The Morgan fingerprint density at radius 3 is 2.66 bits per heavy atom. The number of benzene rings is 1. The van der Waals surface area contributed by atoms with Crippen molar-refractivity contribution in [2.75, 3.05) is 18.5 Å². The van der Waals surface area contributed by atoms with Gasteiger partial charge in [-0.1, -0.05) is 47.7 Å². The number of fused-ring (bicyclic) bond motifs is 1. The number of aromatic nitrogens is 1. The number of anilines is 1. The molecule has 1 atom stereocenters. The van der Waals surface area contributed by atoms with Crippen LogP contribution in [-0.2, 0) is 16.1 Å². The standard InChI is InChI=1S/C23H31BrN2O3/c1-16(27)12-26-13-19(22-18(24)9-6-10-20(22)26)25-21(28)11-23(14-29-15-23)17-7-4-2-3-5-8-17/h6,9-10,13,16-17,27H,2-5,7-8,11-12,14-15H2,1H3,(H,25,28). The Morgan fingerprint density at radius 2 is 2.03 bits per heavy atom. The topological polar surface area (TPSA) is 63.5 Å². The zero-order chi connectivity index (χ0) is 20.4. The Hall–Kier alpha value is -1.37. The highest BCUT2D eigenvalue weighted by molar-refractivity contribution is 9.10. The largest absolute Gasteiger partial charge is 0.392 e. The SMILES string of the molecule is CC(O)Cn1cc(NC(=O)CC2(C3CCCCCC3)COC2)c2c(Br)cccc21. The summed E-state index contributed by atoms with van der Waals surface area (Å²) in [4.78, 5) is 13.1. The molecule has 1 aliphatic carbocycles. The molecule has 1 saturated carbocycles. The van der Waals surface area contributed by atoms with E-state index in [-0.39, 0.29) is 11.3 Å². The van der Waals surface area contributed by atoms with Crippen molar-refractivity contribution in [2.45, 2.75) is 64.5 Å². The molecule has 2 fully saturated rings. The van der Waals surface area contributed by atoms with Crippen molar-refractivity contribution in [3.63, 3.8) is 0 Å². The molecule has 1 aromatic heterocycles. The van der Waals surface area contributed by atoms with Crippen LogP contribution in [0.15, 0.2) is 28.9 Å². The maximum absolute atomic E-state index is 13.1. The fourth-order valence-electron chi connectivity index (χ4n) is 5.09. The Balaban J connectivity index is 1.54. The fraction of sp³-hybridized carbons (Fsp3) is 0.609. The molecule has 1 amide bonds. The normalized spacial score (nSPS) is 20.8. The van der Waals surface area contributed by atoms with E-state index < -0.39 is 6.10 Å².